The highest BCUT2D eigenvalue weighted by molar-refractivity contribution is 5.99. The number of carboxylic acids is 1. The second-order valence-electron chi connectivity index (χ2n) is 7.66. The number of hydrogen-bond donors (Lipinski definition) is 2. The summed E-state index contributed by atoms with van der Waals surface area (Å²) in [5.41, 5.74) is -0.352. The number of anilines is 2. The zero-order valence-corrected chi connectivity index (χ0v) is 15.5. The van der Waals surface area contributed by atoms with Crippen LogP contribution in [0.25, 0.3) is 0 Å². The number of rotatable bonds is 4. The number of benzene rings is 1. The van der Waals surface area contributed by atoms with Gasteiger partial charge in [-0.05, 0) is 36.5 Å². The molecule has 4 rings (SSSR count). The Balaban J connectivity index is 1.64. The van der Waals surface area contributed by atoms with Crippen molar-refractivity contribution < 1.29 is 32.6 Å². The Bertz CT molecular complexity index is 849. The first kappa shape index (κ1) is 19.8. The largest absolute Gasteiger partial charge is 0.481 e. The Morgan fingerprint density at radius 2 is 1.76 bits per heavy atom. The minimum Gasteiger partial charge on any atom is -0.481 e. The molecule has 1 aromatic carbocycles. The molecule has 1 saturated carbocycles. The average Bonchev–Trinajstić information content (AvgIpc) is 3.29. The van der Waals surface area contributed by atoms with Crippen molar-refractivity contribution in [2.75, 3.05) is 36.5 Å². The van der Waals surface area contributed by atoms with Crippen LogP contribution in [0.3, 0.4) is 0 Å². The molecule has 0 unspecified atom stereocenters. The summed E-state index contributed by atoms with van der Waals surface area (Å²) in [5.74, 6) is -3.69. The molecule has 3 aliphatic rings. The number of carbonyl (C=O) groups is 2. The number of amides is 1. The Kier molecular flexibility index (Phi) is 5.02. The molecule has 1 aliphatic heterocycles. The molecule has 2 aliphatic carbocycles. The summed E-state index contributed by atoms with van der Waals surface area (Å²) < 4.78 is 45.0. The predicted octanol–water partition coefficient (Wildman–Crippen LogP) is 3.00. The number of halogens is 3. The lowest BCUT2D eigenvalue weighted by molar-refractivity contribution is -0.146. The number of aliphatic carboxylic acids is 1. The van der Waals surface area contributed by atoms with Gasteiger partial charge in [-0.3, -0.25) is 9.59 Å². The third-order valence-corrected chi connectivity index (χ3v) is 5.98. The maximum atomic E-state index is 13.2. The molecule has 0 spiro atoms. The standard InChI is InChI=1S/C20H21F3N2O4/c21-20(22,23)13-3-4-15(25-5-7-29-8-6-25)14(10-13)24-18(26)16-11-1-2-12(9-11)17(16)19(27)28/h1-4,10-12,16-17H,5-9H2,(H,24,26)(H,27,28)/t11-,12-,16+,17+/m0/s1. The molecule has 2 fully saturated rings. The van der Waals surface area contributed by atoms with Crippen molar-refractivity contribution >= 4 is 23.3 Å². The summed E-state index contributed by atoms with van der Waals surface area (Å²) in [7, 11) is 0. The molecule has 1 saturated heterocycles. The van der Waals surface area contributed by atoms with Crippen LogP contribution < -0.4 is 10.2 Å². The lowest BCUT2D eigenvalue weighted by Gasteiger charge is -2.31. The molecular formula is C20H21F3N2O4. The Hall–Kier alpha value is -2.55. The molecule has 1 aromatic rings. The van der Waals surface area contributed by atoms with Gasteiger partial charge in [-0.1, -0.05) is 12.2 Å². The fourth-order valence-electron chi connectivity index (χ4n) is 4.62. The van der Waals surface area contributed by atoms with Crippen LogP contribution in [0.2, 0.25) is 0 Å². The molecule has 4 atom stereocenters. The quantitative estimate of drug-likeness (QED) is 0.747. The van der Waals surface area contributed by atoms with Crippen molar-refractivity contribution in [2.45, 2.75) is 12.6 Å². The van der Waals surface area contributed by atoms with E-state index in [0.717, 1.165) is 12.1 Å². The van der Waals surface area contributed by atoms with Gasteiger partial charge in [0.2, 0.25) is 5.91 Å². The van der Waals surface area contributed by atoms with E-state index >= 15 is 0 Å². The number of hydrogen-bond acceptors (Lipinski definition) is 4. The van der Waals surface area contributed by atoms with Gasteiger partial charge in [0.25, 0.3) is 0 Å². The van der Waals surface area contributed by atoms with Crippen LogP contribution in [0, 0.1) is 23.7 Å². The van der Waals surface area contributed by atoms with Gasteiger partial charge in [-0.2, -0.15) is 13.2 Å². The maximum absolute atomic E-state index is 13.2. The van der Waals surface area contributed by atoms with Gasteiger partial charge in [-0.25, -0.2) is 0 Å². The molecule has 9 heteroatoms. The van der Waals surface area contributed by atoms with Crippen LogP contribution in [0.4, 0.5) is 24.5 Å². The number of nitrogens with one attached hydrogen (secondary N) is 1. The smallest absolute Gasteiger partial charge is 0.416 e. The van der Waals surface area contributed by atoms with Gasteiger partial charge < -0.3 is 20.1 Å². The minimum atomic E-state index is -4.55. The summed E-state index contributed by atoms with van der Waals surface area (Å²) >= 11 is 0. The van der Waals surface area contributed by atoms with Crippen LogP contribution in [-0.4, -0.2) is 43.3 Å². The summed E-state index contributed by atoms with van der Waals surface area (Å²) in [6.45, 7) is 1.85. The first-order valence-electron chi connectivity index (χ1n) is 9.51. The first-order chi connectivity index (χ1) is 13.8. The molecule has 0 radical (unpaired) electrons. The van der Waals surface area contributed by atoms with Gasteiger partial charge in [-0.15, -0.1) is 0 Å². The Morgan fingerprint density at radius 1 is 1.10 bits per heavy atom. The van der Waals surface area contributed by atoms with E-state index in [1.54, 1.807) is 0 Å². The zero-order chi connectivity index (χ0) is 20.8. The highest BCUT2D eigenvalue weighted by atomic mass is 19.4. The van der Waals surface area contributed by atoms with E-state index < -0.39 is 35.5 Å². The Labute approximate surface area is 165 Å². The second kappa shape index (κ2) is 7.37. The van der Waals surface area contributed by atoms with E-state index in [0.29, 0.717) is 38.4 Å². The van der Waals surface area contributed by atoms with Gasteiger partial charge in [0.15, 0.2) is 0 Å². The molecular weight excluding hydrogens is 389 g/mol. The van der Waals surface area contributed by atoms with Crippen LogP contribution in [0.5, 0.6) is 0 Å². The third-order valence-electron chi connectivity index (χ3n) is 5.98. The van der Waals surface area contributed by atoms with Crippen molar-refractivity contribution in [1.82, 2.24) is 0 Å². The number of nitrogens with zero attached hydrogens (tertiary/aromatic N) is 1. The number of carboxylic acid groups (broad SMARTS) is 1. The first-order valence-corrected chi connectivity index (χ1v) is 9.51. The van der Waals surface area contributed by atoms with Gasteiger partial charge in [0.1, 0.15) is 0 Å². The van der Waals surface area contributed by atoms with Gasteiger partial charge in [0, 0.05) is 13.1 Å². The topological polar surface area (TPSA) is 78.9 Å². The van der Waals surface area contributed by atoms with E-state index in [9.17, 15) is 27.9 Å². The fourth-order valence-corrected chi connectivity index (χ4v) is 4.62. The van der Waals surface area contributed by atoms with Crippen molar-refractivity contribution in [2.24, 2.45) is 23.7 Å². The minimum absolute atomic E-state index is 0.0441. The number of morpholine rings is 1. The third kappa shape index (κ3) is 3.71. The van der Waals surface area contributed by atoms with Crippen LogP contribution in [0.15, 0.2) is 30.4 Å². The van der Waals surface area contributed by atoms with Crippen LogP contribution in [-0.2, 0) is 20.5 Å². The van der Waals surface area contributed by atoms with Crippen molar-refractivity contribution in [3.8, 4) is 0 Å². The molecule has 2 bridgehead atoms. The van der Waals surface area contributed by atoms with Crippen molar-refractivity contribution in [1.29, 1.82) is 0 Å². The number of allylic oxidation sites excluding steroid dienone is 2. The average molecular weight is 410 g/mol. The molecule has 1 amide bonds. The summed E-state index contributed by atoms with van der Waals surface area (Å²) in [6, 6.07) is 3.25. The molecule has 0 aromatic heterocycles. The number of carbonyl (C=O) groups excluding carboxylic acids is 1. The fraction of sp³-hybridized carbons (Fsp3) is 0.500. The summed E-state index contributed by atoms with van der Waals surface area (Å²) in [4.78, 5) is 26.5. The molecule has 156 valence electrons. The maximum Gasteiger partial charge on any atom is 0.416 e. The van der Waals surface area contributed by atoms with E-state index in [1.807, 2.05) is 17.1 Å². The molecule has 6 nitrogen and oxygen atoms in total. The lowest BCUT2D eigenvalue weighted by atomic mass is 9.82. The molecule has 29 heavy (non-hydrogen) atoms. The highest BCUT2D eigenvalue weighted by Crippen LogP contribution is 2.48. The lowest BCUT2D eigenvalue weighted by Crippen LogP contribution is -2.38. The van der Waals surface area contributed by atoms with E-state index in [1.165, 1.54) is 6.07 Å². The van der Waals surface area contributed by atoms with E-state index in [2.05, 4.69) is 5.32 Å². The number of alkyl halides is 3. The normalized spacial score (nSPS) is 28.6. The summed E-state index contributed by atoms with van der Waals surface area (Å²) in [5, 5.41) is 12.2. The highest BCUT2D eigenvalue weighted by Gasteiger charge is 2.51. The monoisotopic (exact) mass is 410 g/mol. The summed E-state index contributed by atoms with van der Waals surface area (Å²) in [6.07, 6.45) is -0.324. The molecule has 2 N–H and O–H groups in total. The predicted molar refractivity (Wildman–Crippen MR) is 98.5 cm³/mol. The van der Waals surface area contributed by atoms with E-state index in [4.69, 9.17) is 4.74 Å². The van der Waals surface area contributed by atoms with E-state index in [-0.39, 0.29) is 17.5 Å². The van der Waals surface area contributed by atoms with Crippen molar-refractivity contribution in [3.05, 3.63) is 35.9 Å². The SMILES string of the molecule is O=C(O)[C@H]1[C@H](C(=O)Nc2cc(C(F)(F)F)ccc2N2CCOCC2)[C@H]2C=C[C@H]1C2. The number of ether oxygens (including phenoxy) is 1. The molecule has 1 heterocycles. The Morgan fingerprint density at radius 3 is 2.38 bits per heavy atom. The van der Waals surface area contributed by atoms with Crippen LogP contribution in [0.1, 0.15) is 12.0 Å². The van der Waals surface area contributed by atoms with Crippen LogP contribution >= 0.6 is 0 Å². The van der Waals surface area contributed by atoms with Crippen molar-refractivity contribution in [3.63, 3.8) is 0 Å². The van der Waals surface area contributed by atoms with Gasteiger partial charge >= 0.3 is 12.1 Å². The zero-order valence-electron chi connectivity index (χ0n) is 15.5. The number of fused-ring (bicyclic) bond motifs is 2. The van der Waals surface area contributed by atoms with Gasteiger partial charge in [0.05, 0.1) is 42.0 Å². The second-order valence-corrected chi connectivity index (χ2v) is 7.66.